The molecule has 23 heavy (non-hydrogen) atoms. The SMILES string of the molecule is O=C(OCc1ccccc1)N1CC[C@H](Oc2ncc(F)cn2)C1. The Labute approximate surface area is 132 Å². The van der Waals surface area contributed by atoms with E-state index in [9.17, 15) is 9.18 Å². The quantitative estimate of drug-likeness (QED) is 0.866. The van der Waals surface area contributed by atoms with E-state index in [0.717, 1.165) is 18.0 Å². The molecule has 1 aromatic heterocycles. The first kappa shape index (κ1) is 15.2. The second-order valence-electron chi connectivity index (χ2n) is 5.20. The standard InChI is InChI=1S/C16H16FN3O3/c17-13-8-18-15(19-9-13)23-14-6-7-20(10-14)16(21)22-11-12-4-2-1-3-5-12/h1-5,8-9,14H,6-7,10-11H2/t14-/m0/s1. The van der Waals surface area contributed by atoms with Gasteiger partial charge >= 0.3 is 12.1 Å². The summed E-state index contributed by atoms with van der Waals surface area (Å²) in [4.78, 5) is 21.1. The van der Waals surface area contributed by atoms with Crippen LogP contribution >= 0.6 is 0 Å². The van der Waals surface area contributed by atoms with Crippen LogP contribution in [0.4, 0.5) is 9.18 Å². The molecular formula is C16H16FN3O3. The lowest BCUT2D eigenvalue weighted by molar-refractivity contribution is 0.0983. The van der Waals surface area contributed by atoms with Crippen molar-refractivity contribution in [2.45, 2.75) is 19.1 Å². The van der Waals surface area contributed by atoms with Crippen molar-refractivity contribution < 1.29 is 18.7 Å². The number of hydrogen-bond donors (Lipinski definition) is 0. The smallest absolute Gasteiger partial charge is 0.410 e. The zero-order chi connectivity index (χ0) is 16.1. The fourth-order valence-electron chi connectivity index (χ4n) is 2.31. The van der Waals surface area contributed by atoms with Gasteiger partial charge in [0, 0.05) is 13.0 Å². The Morgan fingerprint density at radius 1 is 1.26 bits per heavy atom. The van der Waals surface area contributed by atoms with Gasteiger partial charge in [0.1, 0.15) is 12.7 Å². The monoisotopic (exact) mass is 317 g/mol. The number of benzene rings is 1. The normalized spacial score (nSPS) is 17.1. The van der Waals surface area contributed by atoms with Crippen molar-refractivity contribution in [2.24, 2.45) is 0 Å². The molecule has 1 amide bonds. The topological polar surface area (TPSA) is 64.5 Å². The lowest BCUT2D eigenvalue weighted by Gasteiger charge is -2.16. The van der Waals surface area contributed by atoms with Crippen LogP contribution in [-0.4, -0.2) is 40.2 Å². The lowest BCUT2D eigenvalue weighted by Crippen LogP contribution is -2.31. The molecule has 3 rings (SSSR count). The molecule has 0 unspecified atom stereocenters. The Balaban J connectivity index is 1.47. The van der Waals surface area contributed by atoms with Gasteiger partial charge in [0.25, 0.3) is 0 Å². The van der Waals surface area contributed by atoms with Crippen LogP contribution in [0.15, 0.2) is 42.7 Å². The Kier molecular flexibility index (Phi) is 4.65. The predicted octanol–water partition coefficient (Wildman–Crippen LogP) is 2.41. The van der Waals surface area contributed by atoms with Crippen molar-refractivity contribution in [3.05, 3.63) is 54.1 Å². The molecule has 2 aromatic rings. The summed E-state index contributed by atoms with van der Waals surface area (Å²) in [6.45, 7) is 1.18. The summed E-state index contributed by atoms with van der Waals surface area (Å²) in [5, 5.41) is 0. The van der Waals surface area contributed by atoms with E-state index in [4.69, 9.17) is 9.47 Å². The molecule has 2 heterocycles. The van der Waals surface area contributed by atoms with Gasteiger partial charge in [0.2, 0.25) is 0 Å². The Hall–Kier alpha value is -2.70. The molecule has 120 valence electrons. The second kappa shape index (κ2) is 7.04. The van der Waals surface area contributed by atoms with Crippen molar-refractivity contribution in [1.82, 2.24) is 14.9 Å². The van der Waals surface area contributed by atoms with Gasteiger partial charge < -0.3 is 14.4 Å². The fourth-order valence-corrected chi connectivity index (χ4v) is 2.31. The Morgan fingerprint density at radius 2 is 2.00 bits per heavy atom. The van der Waals surface area contributed by atoms with Crippen molar-refractivity contribution >= 4 is 6.09 Å². The van der Waals surface area contributed by atoms with E-state index in [2.05, 4.69) is 9.97 Å². The number of halogens is 1. The van der Waals surface area contributed by atoms with Gasteiger partial charge in [0.05, 0.1) is 18.9 Å². The predicted molar refractivity (Wildman–Crippen MR) is 79.2 cm³/mol. The number of likely N-dealkylation sites (tertiary alicyclic amines) is 1. The summed E-state index contributed by atoms with van der Waals surface area (Å²) < 4.78 is 23.6. The zero-order valence-corrected chi connectivity index (χ0v) is 12.4. The van der Waals surface area contributed by atoms with Crippen LogP contribution < -0.4 is 4.74 Å². The number of nitrogens with zero attached hydrogens (tertiary/aromatic N) is 3. The van der Waals surface area contributed by atoms with Gasteiger partial charge in [-0.1, -0.05) is 30.3 Å². The first-order chi connectivity index (χ1) is 11.2. The number of aromatic nitrogens is 2. The second-order valence-corrected chi connectivity index (χ2v) is 5.20. The summed E-state index contributed by atoms with van der Waals surface area (Å²) >= 11 is 0. The zero-order valence-electron chi connectivity index (χ0n) is 12.4. The van der Waals surface area contributed by atoms with Crippen LogP contribution in [0, 0.1) is 5.82 Å². The maximum atomic E-state index is 12.7. The molecule has 0 N–H and O–H groups in total. The van der Waals surface area contributed by atoms with E-state index in [1.54, 1.807) is 4.90 Å². The third-order valence-corrected chi connectivity index (χ3v) is 3.48. The van der Waals surface area contributed by atoms with E-state index in [0.29, 0.717) is 19.5 Å². The minimum absolute atomic E-state index is 0.107. The molecule has 0 saturated carbocycles. The molecule has 0 aliphatic carbocycles. The van der Waals surface area contributed by atoms with Gasteiger partial charge in [-0.05, 0) is 5.56 Å². The molecule has 1 saturated heterocycles. The average molecular weight is 317 g/mol. The van der Waals surface area contributed by atoms with Crippen molar-refractivity contribution in [2.75, 3.05) is 13.1 Å². The van der Waals surface area contributed by atoms with Crippen LogP contribution in [-0.2, 0) is 11.3 Å². The van der Waals surface area contributed by atoms with Crippen LogP contribution in [0.3, 0.4) is 0 Å². The molecule has 0 bridgehead atoms. The number of amides is 1. The van der Waals surface area contributed by atoms with Crippen molar-refractivity contribution in [3.63, 3.8) is 0 Å². The lowest BCUT2D eigenvalue weighted by atomic mass is 10.2. The van der Waals surface area contributed by atoms with E-state index >= 15 is 0 Å². The highest BCUT2D eigenvalue weighted by Crippen LogP contribution is 2.16. The molecule has 0 spiro atoms. The number of ether oxygens (including phenoxy) is 2. The summed E-state index contributed by atoms with van der Waals surface area (Å²) in [6, 6.07) is 9.60. The maximum Gasteiger partial charge on any atom is 0.410 e. The van der Waals surface area contributed by atoms with Gasteiger partial charge in [-0.3, -0.25) is 0 Å². The van der Waals surface area contributed by atoms with Crippen LogP contribution in [0.5, 0.6) is 6.01 Å². The van der Waals surface area contributed by atoms with E-state index in [-0.39, 0.29) is 24.8 Å². The van der Waals surface area contributed by atoms with Gasteiger partial charge in [-0.2, -0.15) is 0 Å². The van der Waals surface area contributed by atoms with Crippen LogP contribution in [0.25, 0.3) is 0 Å². The van der Waals surface area contributed by atoms with E-state index in [1.807, 2.05) is 30.3 Å². The number of carbonyl (C=O) groups excluding carboxylic acids is 1. The molecule has 1 fully saturated rings. The number of carbonyl (C=O) groups is 1. The van der Waals surface area contributed by atoms with Crippen LogP contribution in [0.1, 0.15) is 12.0 Å². The molecular weight excluding hydrogens is 301 g/mol. The highest BCUT2D eigenvalue weighted by molar-refractivity contribution is 5.68. The number of hydrogen-bond acceptors (Lipinski definition) is 5. The van der Waals surface area contributed by atoms with Gasteiger partial charge in [0.15, 0.2) is 5.82 Å². The van der Waals surface area contributed by atoms with Crippen LogP contribution in [0.2, 0.25) is 0 Å². The van der Waals surface area contributed by atoms with E-state index in [1.165, 1.54) is 0 Å². The summed E-state index contributed by atoms with van der Waals surface area (Å²) in [5.41, 5.74) is 0.938. The van der Waals surface area contributed by atoms with Crippen molar-refractivity contribution in [1.29, 1.82) is 0 Å². The molecule has 1 aliphatic heterocycles. The maximum absolute atomic E-state index is 12.7. The first-order valence-corrected chi connectivity index (χ1v) is 7.30. The Bertz CT molecular complexity index is 651. The fraction of sp³-hybridized carbons (Fsp3) is 0.312. The summed E-state index contributed by atoms with van der Waals surface area (Å²) in [5.74, 6) is -0.519. The average Bonchev–Trinajstić information content (AvgIpc) is 3.04. The summed E-state index contributed by atoms with van der Waals surface area (Å²) in [6.07, 6.45) is 2.15. The van der Waals surface area contributed by atoms with Crippen molar-refractivity contribution in [3.8, 4) is 6.01 Å². The third kappa shape index (κ3) is 4.15. The van der Waals surface area contributed by atoms with Gasteiger partial charge in [-0.15, -0.1) is 0 Å². The molecule has 1 aromatic carbocycles. The Morgan fingerprint density at radius 3 is 2.74 bits per heavy atom. The molecule has 0 radical (unpaired) electrons. The highest BCUT2D eigenvalue weighted by atomic mass is 19.1. The minimum Gasteiger partial charge on any atom is -0.458 e. The number of rotatable bonds is 4. The van der Waals surface area contributed by atoms with E-state index < -0.39 is 5.82 Å². The molecule has 6 nitrogen and oxygen atoms in total. The minimum atomic E-state index is -0.519. The first-order valence-electron chi connectivity index (χ1n) is 7.30. The molecule has 1 aliphatic rings. The molecule has 7 heteroatoms. The largest absolute Gasteiger partial charge is 0.458 e. The third-order valence-electron chi connectivity index (χ3n) is 3.48. The van der Waals surface area contributed by atoms with Gasteiger partial charge in [-0.25, -0.2) is 19.2 Å². The molecule has 1 atom stereocenters. The summed E-state index contributed by atoms with van der Waals surface area (Å²) in [7, 11) is 0. The highest BCUT2D eigenvalue weighted by Gasteiger charge is 2.29.